The molecule has 1 atom stereocenters. The van der Waals surface area contributed by atoms with Gasteiger partial charge in [-0.2, -0.15) is 0 Å². The van der Waals surface area contributed by atoms with E-state index in [0.717, 1.165) is 11.3 Å². The van der Waals surface area contributed by atoms with Gasteiger partial charge in [0.25, 0.3) is 0 Å². The van der Waals surface area contributed by atoms with E-state index in [2.05, 4.69) is 17.6 Å². The molecule has 0 aliphatic carbocycles. The highest BCUT2D eigenvalue weighted by molar-refractivity contribution is 5.67. The molecule has 1 unspecified atom stereocenters. The highest BCUT2D eigenvalue weighted by atomic mass is 16.6. The van der Waals surface area contributed by atoms with Crippen molar-refractivity contribution in [1.29, 1.82) is 0 Å². The topological polar surface area (TPSA) is 59.6 Å². The monoisotopic (exact) mass is 308 g/mol. The molecule has 2 N–H and O–H groups in total. The molecule has 0 aliphatic rings. The highest BCUT2D eigenvalue weighted by Gasteiger charge is 2.15. The number of benzene rings is 1. The lowest BCUT2D eigenvalue weighted by Crippen LogP contribution is -2.32. The highest BCUT2D eigenvalue weighted by Crippen LogP contribution is 2.12. The fraction of sp³-hybridized carbons (Fsp3) is 0.588. The number of ether oxygens (including phenoxy) is 2. The maximum absolute atomic E-state index is 11.6. The van der Waals surface area contributed by atoms with Crippen LogP contribution in [0.5, 0.6) is 0 Å². The van der Waals surface area contributed by atoms with Crippen LogP contribution in [-0.4, -0.2) is 30.9 Å². The molecule has 0 radical (unpaired) electrons. The molecule has 5 nitrogen and oxygen atoms in total. The van der Waals surface area contributed by atoms with E-state index in [-0.39, 0.29) is 6.04 Å². The lowest BCUT2D eigenvalue weighted by atomic mass is 10.2. The van der Waals surface area contributed by atoms with E-state index in [1.165, 1.54) is 0 Å². The number of alkyl carbamates (subject to hydrolysis) is 1. The van der Waals surface area contributed by atoms with Crippen LogP contribution in [0, 0.1) is 0 Å². The molecule has 0 fully saturated rings. The predicted molar refractivity (Wildman–Crippen MR) is 89.1 cm³/mol. The summed E-state index contributed by atoms with van der Waals surface area (Å²) in [5, 5.41) is 6.13. The Hall–Kier alpha value is -1.75. The lowest BCUT2D eigenvalue weighted by molar-refractivity contribution is 0.0523. The molecule has 0 aromatic heterocycles. The molecule has 0 aliphatic heterocycles. The molecule has 1 aromatic carbocycles. The van der Waals surface area contributed by atoms with Gasteiger partial charge in [-0.05, 0) is 52.3 Å². The molecule has 1 rings (SSSR count). The molecular weight excluding hydrogens is 280 g/mol. The first-order valence-corrected chi connectivity index (χ1v) is 7.70. The second-order valence-electron chi connectivity index (χ2n) is 6.26. The van der Waals surface area contributed by atoms with E-state index in [9.17, 15) is 4.79 Å². The standard InChI is InChI=1S/C17H28N2O3/c1-6-21-12-13(2)19-15-9-7-8-14(10-15)11-18-16(20)22-17(3,4)5/h7-10,13,19H,6,11-12H2,1-5H3,(H,18,20). The van der Waals surface area contributed by atoms with Gasteiger partial charge in [-0.3, -0.25) is 0 Å². The van der Waals surface area contributed by atoms with Gasteiger partial charge in [0, 0.05) is 24.9 Å². The summed E-state index contributed by atoms with van der Waals surface area (Å²) in [7, 11) is 0. The second kappa shape index (κ2) is 8.63. The van der Waals surface area contributed by atoms with Crippen molar-refractivity contribution in [3.8, 4) is 0 Å². The number of rotatable bonds is 7. The van der Waals surface area contributed by atoms with Crippen molar-refractivity contribution in [3.63, 3.8) is 0 Å². The van der Waals surface area contributed by atoms with Crippen LogP contribution in [0.1, 0.15) is 40.2 Å². The van der Waals surface area contributed by atoms with Crippen LogP contribution in [0.15, 0.2) is 24.3 Å². The van der Waals surface area contributed by atoms with Crippen LogP contribution < -0.4 is 10.6 Å². The molecule has 124 valence electrons. The first-order valence-electron chi connectivity index (χ1n) is 7.70. The number of amides is 1. The Bertz CT molecular complexity index is 469. The summed E-state index contributed by atoms with van der Waals surface area (Å²) in [5.74, 6) is 0. The van der Waals surface area contributed by atoms with Gasteiger partial charge in [0.2, 0.25) is 0 Å². The largest absolute Gasteiger partial charge is 0.444 e. The second-order valence-corrected chi connectivity index (χ2v) is 6.26. The average Bonchev–Trinajstić information content (AvgIpc) is 2.41. The summed E-state index contributed by atoms with van der Waals surface area (Å²) in [6, 6.07) is 8.17. The minimum Gasteiger partial charge on any atom is -0.444 e. The first kappa shape index (κ1) is 18.3. The van der Waals surface area contributed by atoms with Gasteiger partial charge in [0.15, 0.2) is 0 Å². The van der Waals surface area contributed by atoms with Crippen molar-refractivity contribution in [2.45, 2.75) is 52.8 Å². The molecule has 0 spiro atoms. The summed E-state index contributed by atoms with van der Waals surface area (Å²) < 4.78 is 10.6. The van der Waals surface area contributed by atoms with E-state index in [1.807, 2.05) is 52.0 Å². The SMILES string of the molecule is CCOCC(C)Nc1cccc(CNC(=O)OC(C)(C)C)c1. The Labute approximate surface area is 133 Å². The summed E-state index contributed by atoms with van der Waals surface area (Å²) in [6.07, 6.45) is -0.407. The van der Waals surface area contributed by atoms with Gasteiger partial charge in [-0.1, -0.05) is 12.1 Å². The zero-order valence-corrected chi connectivity index (χ0v) is 14.2. The zero-order chi connectivity index (χ0) is 16.6. The molecule has 22 heavy (non-hydrogen) atoms. The quantitative estimate of drug-likeness (QED) is 0.809. The predicted octanol–water partition coefficient (Wildman–Crippen LogP) is 3.55. The van der Waals surface area contributed by atoms with E-state index >= 15 is 0 Å². The van der Waals surface area contributed by atoms with Gasteiger partial charge in [-0.25, -0.2) is 4.79 Å². The van der Waals surface area contributed by atoms with Crippen molar-refractivity contribution in [1.82, 2.24) is 5.32 Å². The van der Waals surface area contributed by atoms with Gasteiger partial charge in [0.1, 0.15) is 5.60 Å². The Kier molecular flexibility index (Phi) is 7.18. The Morgan fingerprint density at radius 1 is 1.32 bits per heavy atom. The number of hydrogen-bond donors (Lipinski definition) is 2. The third-order valence-corrected chi connectivity index (χ3v) is 2.75. The Morgan fingerprint density at radius 3 is 2.68 bits per heavy atom. The van der Waals surface area contributed by atoms with Crippen LogP contribution in [0.4, 0.5) is 10.5 Å². The molecule has 5 heteroatoms. The third-order valence-electron chi connectivity index (χ3n) is 2.75. The molecule has 0 heterocycles. The molecule has 0 saturated carbocycles. The van der Waals surface area contributed by atoms with Crippen molar-refractivity contribution in [2.75, 3.05) is 18.5 Å². The first-order chi connectivity index (χ1) is 10.3. The smallest absolute Gasteiger partial charge is 0.407 e. The number of carbonyl (C=O) groups excluding carboxylic acids is 1. The van der Waals surface area contributed by atoms with Gasteiger partial charge in [0.05, 0.1) is 6.61 Å². The molecular formula is C17H28N2O3. The van der Waals surface area contributed by atoms with Crippen LogP contribution >= 0.6 is 0 Å². The maximum atomic E-state index is 11.6. The van der Waals surface area contributed by atoms with Gasteiger partial charge < -0.3 is 20.1 Å². The fourth-order valence-electron chi connectivity index (χ4n) is 1.88. The van der Waals surface area contributed by atoms with E-state index in [4.69, 9.17) is 9.47 Å². The van der Waals surface area contributed by atoms with E-state index in [0.29, 0.717) is 19.8 Å². The fourth-order valence-corrected chi connectivity index (χ4v) is 1.88. The Morgan fingerprint density at radius 2 is 2.05 bits per heavy atom. The van der Waals surface area contributed by atoms with Crippen LogP contribution in [0.3, 0.4) is 0 Å². The van der Waals surface area contributed by atoms with Crippen LogP contribution in [0.2, 0.25) is 0 Å². The number of hydrogen-bond acceptors (Lipinski definition) is 4. The van der Waals surface area contributed by atoms with Crippen molar-refractivity contribution < 1.29 is 14.3 Å². The number of carbonyl (C=O) groups is 1. The minimum absolute atomic E-state index is 0.231. The summed E-state index contributed by atoms with van der Waals surface area (Å²) in [4.78, 5) is 11.6. The molecule has 0 bridgehead atoms. The van der Waals surface area contributed by atoms with Crippen molar-refractivity contribution in [2.24, 2.45) is 0 Å². The molecule has 1 aromatic rings. The third kappa shape index (κ3) is 7.88. The van der Waals surface area contributed by atoms with E-state index in [1.54, 1.807) is 0 Å². The van der Waals surface area contributed by atoms with Gasteiger partial charge in [-0.15, -0.1) is 0 Å². The Balaban J connectivity index is 2.48. The van der Waals surface area contributed by atoms with E-state index < -0.39 is 11.7 Å². The molecule has 0 saturated heterocycles. The lowest BCUT2D eigenvalue weighted by Gasteiger charge is -2.20. The average molecular weight is 308 g/mol. The molecule has 1 amide bonds. The van der Waals surface area contributed by atoms with Gasteiger partial charge >= 0.3 is 6.09 Å². The van der Waals surface area contributed by atoms with Crippen molar-refractivity contribution >= 4 is 11.8 Å². The zero-order valence-electron chi connectivity index (χ0n) is 14.2. The number of anilines is 1. The summed E-state index contributed by atoms with van der Waals surface area (Å²) in [6.45, 7) is 11.4. The van der Waals surface area contributed by atoms with Crippen LogP contribution in [-0.2, 0) is 16.0 Å². The van der Waals surface area contributed by atoms with Crippen molar-refractivity contribution in [3.05, 3.63) is 29.8 Å². The number of nitrogens with one attached hydrogen (secondary N) is 2. The maximum Gasteiger partial charge on any atom is 0.407 e. The summed E-state index contributed by atoms with van der Waals surface area (Å²) >= 11 is 0. The van der Waals surface area contributed by atoms with Crippen LogP contribution in [0.25, 0.3) is 0 Å². The summed E-state index contributed by atoms with van der Waals surface area (Å²) in [5.41, 5.74) is 1.54. The normalized spacial score (nSPS) is 12.6. The minimum atomic E-state index is -0.484.